The fourth-order valence-electron chi connectivity index (χ4n) is 2.34. The summed E-state index contributed by atoms with van der Waals surface area (Å²) in [6, 6.07) is 8.37. The van der Waals surface area contributed by atoms with Crippen LogP contribution in [-0.2, 0) is 24.1 Å². The number of nitrogens with one attached hydrogen (secondary N) is 2. The molecular formula is C18H22N4O3S. The minimum absolute atomic E-state index is 0.102. The number of aliphatic imine (C=N–C) groups is 1. The Morgan fingerprint density at radius 2 is 1.88 bits per heavy atom. The predicted octanol–water partition coefficient (Wildman–Crippen LogP) is 3.12. The van der Waals surface area contributed by atoms with Gasteiger partial charge in [0.25, 0.3) is 0 Å². The van der Waals surface area contributed by atoms with E-state index in [1.165, 1.54) is 35.7 Å². The molecule has 0 saturated heterocycles. The van der Waals surface area contributed by atoms with E-state index >= 15 is 0 Å². The standard InChI is InChI=1S/C18H22N4O3S/c1-13(23)21-17-22-16(11-26-17)4-2-3-14-5-7-15(8-6-14)9-10-19-12-20-18(24)25/h5-8,11-12H,2-4,9-10H2,1H3,(H,19,20)(H,24,25)(H,21,22,23). The topological polar surface area (TPSA) is 104 Å². The van der Waals surface area contributed by atoms with Gasteiger partial charge in [-0.15, -0.1) is 11.3 Å². The summed E-state index contributed by atoms with van der Waals surface area (Å²) in [4.78, 5) is 29.6. The van der Waals surface area contributed by atoms with Gasteiger partial charge in [0.1, 0.15) is 0 Å². The van der Waals surface area contributed by atoms with E-state index < -0.39 is 6.09 Å². The van der Waals surface area contributed by atoms with E-state index in [0.717, 1.165) is 31.4 Å². The molecule has 26 heavy (non-hydrogen) atoms. The molecule has 0 spiro atoms. The summed E-state index contributed by atoms with van der Waals surface area (Å²) < 4.78 is 0. The molecule has 0 bridgehead atoms. The molecule has 0 unspecified atom stereocenters. The smallest absolute Gasteiger partial charge is 0.409 e. The zero-order valence-electron chi connectivity index (χ0n) is 14.6. The number of aryl methyl sites for hydroxylation is 2. The first-order valence-electron chi connectivity index (χ1n) is 8.30. The van der Waals surface area contributed by atoms with Crippen molar-refractivity contribution in [3.63, 3.8) is 0 Å². The van der Waals surface area contributed by atoms with E-state index in [2.05, 4.69) is 44.9 Å². The highest BCUT2D eigenvalue weighted by molar-refractivity contribution is 7.13. The van der Waals surface area contributed by atoms with Crippen LogP contribution in [0.15, 0.2) is 34.6 Å². The lowest BCUT2D eigenvalue weighted by atomic mass is 10.0. The zero-order chi connectivity index (χ0) is 18.8. The summed E-state index contributed by atoms with van der Waals surface area (Å²) in [5.74, 6) is -0.102. The van der Waals surface area contributed by atoms with Gasteiger partial charge in [-0.2, -0.15) is 0 Å². The quantitative estimate of drug-likeness (QED) is 0.463. The normalized spacial score (nSPS) is 10.8. The van der Waals surface area contributed by atoms with Gasteiger partial charge in [0, 0.05) is 18.8 Å². The number of carbonyl (C=O) groups is 2. The molecule has 0 fully saturated rings. The van der Waals surface area contributed by atoms with E-state index in [1.54, 1.807) is 0 Å². The van der Waals surface area contributed by atoms with Crippen LogP contribution in [0.2, 0.25) is 0 Å². The molecule has 0 radical (unpaired) electrons. The van der Waals surface area contributed by atoms with E-state index in [1.807, 2.05) is 5.38 Å². The number of thiazole rings is 1. The number of carbonyl (C=O) groups excluding carboxylic acids is 1. The second kappa shape index (κ2) is 10.3. The summed E-state index contributed by atoms with van der Waals surface area (Å²) in [7, 11) is 0. The molecule has 0 aliphatic carbocycles. The monoisotopic (exact) mass is 374 g/mol. The van der Waals surface area contributed by atoms with Gasteiger partial charge in [-0.3, -0.25) is 15.1 Å². The third-order valence-corrected chi connectivity index (χ3v) is 4.37. The van der Waals surface area contributed by atoms with E-state index in [-0.39, 0.29) is 5.91 Å². The van der Waals surface area contributed by atoms with Gasteiger partial charge in [0.2, 0.25) is 5.91 Å². The van der Waals surface area contributed by atoms with Crippen LogP contribution in [0, 0.1) is 0 Å². The van der Waals surface area contributed by atoms with Crippen molar-refractivity contribution < 1.29 is 14.7 Å². The van der Waals surface area contributed by atoms with Crippen molar-refractivity contribution >= 4 is 34.8 Å². The SMILES string of the molecule is CC(=O)Nc1nc(CCCc2ccc(CCN=CNC(=O)O)cc2)cs1. The Hall–Kier alpha value is -2.74. The van der Waals surface area contributed by atoms with Crippen LogP contribution in [0.4, 0.5) is 9.93 Å². The van der Waals surface area contributed by atoms with Crippen molar-refractivity contribution in [1.82, 2.24) is 10.3 Å². The van der Waals surface area contributed by atoms with Gasteiger partial charge in [-0.25, -0.2) is 9.78 Å². The van der Waals surface area contributed by atoms with Crippen molar-refractivity contribution in [2.24, 2.45) is 4.99 Å². The number of anilines is 1. The predicted molar refractivity (Wildman–Crippen MR) is 103 cm³/mol. The van der Waals surface area contributed by atoms with Gasteiger partial charge in [0.05, 0.1) is 12.0 Å². The molecule has 1 aromatic carbocycles. The van der Waals surface area contributed by atoms with Crippen molar-refractivity contribution in [3.8, 4) is 0 Å². The lowest BCUT2D eigenvalue weighted by Crippen LogP contribution is -2.18. The molecule has 1 aromatic heterocycles. The van der Waals surface area contributed by atoms with Crippen LogP contribution in [0.1, 0.15) is 30.2 Å². The van der Waals surface area contributed by atoms with Gasteiger partial charge >= 0.3 is 6.09 Å². The van der Waals surface area contributed by atoms with Crippen LogP contribution < -0.4 is 10.6 Å². The Labute approximate surface area is 156 Å². The molecule has 2 rings (SSSR count). The second-order valence-corrected chi connectivity index (χ2v) is 6.59. The fraction of sp³-hybridized carbons (Fsp3) is 0.333. The molecular weight excluding hydrogens is 352 g/mol. The van der Waals surface area contributed by atoms with Gasteiger partial charge in [-0.1, -0.05) is 24.3 Å². The van der Waals surface area contributed by atoms with Crippen molar-refractivity contribution in [2.75, 3.05) is 11.9 Å². The van der Waals surface area contributed by atoms with Gasteiger partial charge < -0.3 is 10.4 Å². The first-order valence-corrected chi connectivity index (χ1v) is 9.18. The van der Waals surface area contributed by atoms with Gasteiger partial charge in [0.15, 0.2) is 5.13 Å². The maximum absolute atomic E-state index is 11.0. The number of carboxylic acid groups (broad SMARTS) is 1. The molecule has 2 aromatic rings. The van der Waals surface area contributed by atoms with E-state index in [9.17, 15) is 9.59 Å². The van der Waals surface area contributed by atoms with Crippen LogP contribution >= 0.6 is 11.3 Å². The minimum atomic E-state index is -1.11. The maximum Gasteiger partial charge on any atom is 0.409 e. The number of nitrogens with zero attached hydrogens (tertiary/aromatic N) is 2. The van der Waals surface area contributed by atoms with Crippen LogP contribution in [-0.4, -0.2) is 35.0 Å². The minimum Gasteiger partial charge on any atom is -0.465 e. The first kappa shape index (κ1) is 19.6. The molecule has 2 amide bonds. The molecule has 8 heteroatoms. The lowest BCUT2D eigenvalue weighted by molar-refractivity contribution is -0.114. The third kappa shape index (κ3) is 7.43. The Bertz CT molecular complexity index is 756. The summed E-state index contributed by atoms with van der Waals surface area (Å²) in [6.45, 7) is 2.02. The van der Waals surface area contributed by atoms with Crippen LogP contribution in [0.5, 0.6) is 0 Å². The molecule has 0 aliphatic heterocycles. The highest BCUT2D eigenvalue weighted by Crippen LogP contribution is 2.17. The average molecular weight is 374 g/mol. The number of benzene rings is 1. The summed E-state index contributed by atoms with van der Waals surface area (Å²) in [5.41, 5.74) is 3.44. The number of aromatic nitrogens is 1. The first-order chi connectivity index (χ1) is 12.5. The zero-order valence-corrected chi connectivity index (χ0v) is 15.4. The van der Waals surface area contributed by atoms with Gasteiger partial charge in [-0.05, 0) is 36.8 Å². The second-order valence-electron chi connectivity index (χ2n) is 5.73. The number of rotatable bonds is 9. The summed E-state index contributed by atoms with van der Waals surface area (Å²) in [6.07, 6.45) is 3.70. The number of hydrogen-bond donors (Lipinski definition) is 3. The van der Waals surface area contributed by atoms with Crippen LogP contribution in [0.3, 0.4) is 0 Å². The molecule has 138 valence electrons. The Morgan fingerprint density at radius 3 is 2.54 bits per heavy atom. The number of hydrogen-bond acceptors (Lipinski definition) is 5. The molecule has 1 heterocycles. The maximum atomic E-state index is 11.0. The highest BCUT2D eigenvalue weighted by Gasteiger charge is 2.03. The van der Waals surface area contributed by atoms with E-state index in [4.69, 9.17) is 5.11 Å². The summed E-state index contributed by atoms with van der Waals surface area (Å²) in [5, 5.41) is 15.8. The van der Waals surface area contributed by atoms with Crippen molar-refractivity contribution in [2.45, 2.75) is 32.6 Å². The lowest BCUT2D eigenvalue weighted by Gasteiger charge is -2.03. The highest BCUT2D eigenvalue weighted by atomic mass is 32.1. The van der Waals surface area contributed by atoms with E-state index in [0.29, 0.717) is 11.7 Å². The molecule has 0 aliphatic rings. The summed E-state index contributed by atoms with van der Waals surface area (Å²) >= 11 is 1.45. The molecule has 0 atom stereocenters. The molecule has 7 nitrogen and oxygen atoms in total. The van der Waals surface area contributed by atoms with Crippen LogP contribution in [0.25, 0.3) is 0 Å². The van der Waals surface area contributed by atoms with Crippen molar-refractivity contribution in [3.05, 3.63) is 46.5 Å². The number of amides is 2. The largest absolute Gasteiger partial charge is 0.465 e. The molecule has 3 N–H and O–H groups in total. The fourth-order valence-corrected chi connectivity index (χ4v) is 3.13. The van der Waals surface area contributed by atoms with Crippen molar-refractivity contribution in [1.29, 1.82) is 0 Å². The Morgan fingerprint density at radius 1 is 1.19 bits per heavy atom. The Balaban J connectivity index is 1.70. The molecule has 0 saturated carbocycles. The third-order valence-electron chi connectivity index (χ3n) is 3.56. The Kier molecular flexibility index (Phi) is 7.75. The average Bonchev–Trinajstić information content (AvgIpc) is 3.02.